The van der Waals surface area contributed by atoms with Gasteiger partial charge in [0, 0.05) is 12.2 Å². The molecule has 0 spiro atoms. The highest BCUT2D eigenvalue weighted by Gasteiger charge is 2.15. The van der Waals surface area contributed by atoms with Gasteiger partial charge < -0.3 is 15.7 Å². The molecule has 1 aromatic rings. The Hall–Kier alpha value is -1.60. The van der Waals surface area contributed by atoms with Gasteiger partial charge in [0.15, 0.2) is 0 Å². The molecule has 1 atom stereocenters. The van der Waals surface area contributed by atoms with Crippen LogP contribution < -0.4 is 10.6 Å². The number of thioether (sulfide) groups is 1. The van der Waals surface area contributed by atoms with E-state index in [0.29, 0.717) is 24.4 Å². The van der Waals surface area contributed by atoms with Crippen molar-refractivity contribution in [3.05, 3.63) is 30.1 Å². The lowest BCUT2D eigenvalue weighted by molar-refractivity contribution is -0.138. The third-order valence-electron chi connectivity index (χ3n) is 2.87. The zero-order chi connectivity index (χ0) is 15.8. The van der Waals surface area contributed by atoms with Crippen LogP contribution in [0.5, 0.6) is 0 Å². The summed E-state index contributed by atoms with van der Waals surface area (Å²) in [6.07, 6.45) is 0.315. The summed E-state index contributed by atoms with van der Waals surface area (Å²) in [6, 6.07) is 4.84. The summed E-state index contributed by atoms with van der Waals surface area (Å²) in [5, 5.41) is 8.65. The molecule has 0 fully saturated rings. The summed E-state index contributed by atoms with van der Waals surface area (Å²) in [5.74, 6) is -0.752. The molecule has 5 nitrogen and oxygen atoms in total. The fourth-order valence-electron chi connectivity index (χ4n) is 1.70. The molecule has 116 valence electrons. The summed E-state index contributed by atoms with van der Waals surface area (Å²) < 4.78 is 12.9. The van der Waals surface area contributed by atoms with Crippen molar-refractivity contribution in [1.82, 2.24) is 0 Å². The van der Waals surface area contributed by atoms with Crippen molar-refractivity contribution in [2.24, 2.45) is 5.73 Å². The first-order valence-electron chi connectivity index (χ1n) is 6.57. The standard InChI is InChI=1S/C14H19FN2O3S/c1-2-17(11-5-3-10(15)4-6-11)13(18)9-21-8-7-12(16)14(19)20/h3-6,12H,2,7-9,16H2,1H3,(H,19,20). The van der Waals surface area contributed by atoms with Crippen LogP contribution in [0.15, 0.2) is 24.3 Å². The topological polar surface area (TPSA) is 83.6 Å². The Kier molecular flexibility index (Phi) is 7.18. The van der Waals surface area contributed by atoms with Crippen LogP contribution >= 0.6 is 11.8 Å². The van der Waals surface area contributed by atoms with Gasteiger partial charge in [0.25, 0.3) is 0 Å². The smallest absolute Gasteiger partial charge is 0.320 e. The number of benzene rings is 1. The second-order valence-electron chi connectivity index (χ2n) is 4.40. The molecule has 0 saturated carbocycles. The Labute approximate surface area is 127 Å². The Morgan fingerprint density at radius 1 is 1.38 bits per heavy atom. The number of anilines is 1. The first kappa shape index (κ1) is 17.5. The summed E-state index contributed by atoms with van der Waals surface area (Å²) in [5.41, 5.74) is 6.03. The second kappa shape index (κ2) is 8.63. The number of nitrogens with two attached hydrogens (primary N) is 1. The lowest BCUT2D eigenvalue weighted by Gasteiger charge is -2.21. The predicted octanol–water partition coefficient (Wildman–Crippen LogP) is 1.71. The van der Waals surface area contributed by atoms with Crippen LogP contribution in [0.1, 0.15) is 13.3 Å². The molecule has 0 saturated heterocycles. The van der Waals surface area contributed by atoms with Crippen molar-refractivity contribution in [2.45, 2.75) is 19.4 Å². The Bertz CT molecular complexity index is 482. The molecule has 3 N–H and O–H groups in total. The van der Waals surface area contributed by atoms with Gasteiger partial charge in [-0.1, -0.05) is 0 Å². The minimum absolute atomic E-state index is 0.0991. The van der Waals surface area contributed by atoms with Crippen molar-refractivity contribution >= 4 is 29.3 Å². The van der Waals surface area contributed by atoms with Gasteiger partial charge >= 0.3 is 5.97 Å². The minimum atomic E-state index is -1.04. The van der Waals surface area contributed by atoms with E-state index in [1.165, 1.54) is 23.9 Å². The summed E-state index contributed by atoms with van der Waals surface area (Å²) in [6.45, 7) is 2.33. The van der Waals surface area contributed by atoms with Crippen molar-refractivity contribution in [2.75, 3.05) is 23.0 Å². The third-order valence-corrected chi connectivity index (χ3v) is 3.85. The fraction of sp³-hybridized carbons (Fsp3) is 0.429. The van der Waals surface area contributed by atoms with Gasteiger partial charge in [0.05, 0.1) is 5.75 Å². The number of aliphatic carboxylic acids is 1. The number of carboxylic acid groups (broad SMARTS) is 1. The van der Waals surface area contributed by atoms with Crippen molar-refractivity contribution in [3.63, 3.8) is 0 Å². The molecular formula is C14H19FN2O3S. The zero-order valence-corrected chi connectivity index (χ0v) is 12.6. The number of hydrogen-bond donors (Lipinski definition) is 2. The van der Waals surface area contributed by atoms with Gasteiger partial charge in [-0.25, -0.2) is 4.39 Å². The van der Waals surface area contributed by atoms with Crippen LogP contribution in [-0.4, -0.2) is 41.1 Å². The Morgan fingerprint density at radius 3 is 2.52 bits per heavy atom. The van der Waals surface area contributed by atoms with Crippen LogP contribution in [0.25, 0.3) is 0 Å². The monoisotopic (exact) mass is 314 g/mol. The molecule has 1 rings (SSSR count). The average molecular weight is 314 g/mol. The lowest BCUT2D eigenvalue weighted by atomic mass is 10.2. The molecule has 0 aromatic heterocycles. The largest absolute Gasteiger partial charge is 0.480 e. The lowest BCUT2D eigenvalue weighted by Crippen LogP contribution is -2.33. The average Bonchev–Trinajstić information content (AvgIpc) is 2.46. The van der Waals surface area contributed by atoms with E-state index in [2.05, 4.69) is 0 Å². The molecule has 0 aliphatic rings. The highest BCUT2D eigenvalue weighted by atomic mass is 32.2. The van der Waals surface area contributed by atoms with E-state index >= 15 is 0 Å². The third kappa shape index (κ3) is 5.73. The number of amides is 1. The number of rotatable bonds is 8. The Balaban J connectivity index is 2.45. The molecule has 1 aromatic carbocycles. The molecule has 0 aliphatic heterocycles. The molecule has 1 amide bonds. The first-order chi connectivity index (χ1) is 9.95. The van der Waals surface area contributed by atoms with Crippen LogP contribution in [0.4, 0.5) is 10.1 Å². The predicted molar refractivity (Wildman–Crippen MR) is 82.0 cm³/mol. The van der Waals surface area contributed by atoms with E-state index in [4.69, 9.17) is 10.8 Å². The maximum absolute atomic E-state index is 12.9. The van der Waals surface area contributed by atoms with Gasteiger partial charge in [-0.3, -0.25) is 9.59 Å². The molecule has 0 radical (unpaired) electrons. The van der Waals surface area contributed by atoms with Gasteiger partial charge in [-0.15, -0.1) is 0 Å². The van der Waals surface area contributed by atoms with E-state index in [0.717, 1.165) is 0 Å². The molecule has 0 aliphatic carbocycles. The molecule has 7 heteroatoms. The first-order valence-corrected chi connectivity index (χ1v) is 7.73. The van der Waals surface area contributed by atoms with Gasteiger partial charge in [-0.05, 0) is 43.4 Å². The maximum Gasteiger partial charge on any atom is 0.320 e. The van der Waals surface area contributed by atoms with Crippen molar-refractivity contribution < 1.29 is 19.1 Å². The van der Waals surface area contributed by atoms with Crippen LogP contribution in [-0.2, 0) is 9.59 Å². The quantitative estimate of drug-likeness (QED) is 0.714. The molecule has 21 heavy (non-hydrogen) atoms. The number of carbonyl (C=O) groups is 2. The van der Waals surface area contributed by atoms with Crippen LogP contribution in [0, 0.1) is 5.82 Å². The molecule has 0 bridgehead atoms. The van der Waals surface area contributed by atoms with E-state index in [1.807, 2.05) is 6.92 Å². The minimum Gasteiger partial charge on any atom is -0.480 e. The van der Waals surface area contributed by atoms with E-state index in [1.54, 1.807) is 17.0 Å². The number of carbonyl (C=O) groups excluding carboxylic acids is 1. The number of halogens is 1. The number of nitrogens with zero attached hydrogens (tertiary/aromatic N) is 1. The van der Waals surface area contributed by atoms with Gasteiger partial charge in [0.2, 0.25) is 5.91 Å². The SMILES string of the molecule is CCN(C(=O)CSCCC(N)C(=O)O)c1ccc(F)cc1. The summed E-state index contributed by atoms with van der Waals surface area (Å²) in [7, 11) is 0. The maximum atomic E-state index is 12.9. The highest BCUT2D eigenvalue weighted by Crippen LogP contribution is 2.16. The normalized spacial score (nSPS) is 12.0. The van der Waals surface area contributed by atoms with E-state index in [9.17, 15) is 14.0 Å². The fourth-order valence-corrected chi connectivity index (χ4v) is 2.59. The molecule has 1 unspecified atom stereocenters. The second-order valence-corrected chi connectivity index (χ2v) is 5.51. The number of hydrogen-bond acceptors (Lipinski definition) is 4. The van der Waals surface area contributed by atoms with Crippen molar-refractivity contribution in [3.8, 4) is 0 Å². The van der Waals surface area contributed by atoms with Gasteiger partial charge in [0.1, 0.15) is 11.9 Å². The molecular weight excluding hydrogens is 295 g/mol. The zero-order valence-electron chi connectivity index (χ0n) is 11.8. The van der Waals surface area contributed by atoms with E-state index < -0.39 is 12.0 Å². The molecule has 0 heterocycles. The summed E-state index contributed by atoms with van der Waals surface area (Å²) in [4.78, 5) is 24.2. The van der Waals surface area contributed by atoms with Crippen molar-refractivity contribution in [1.29, 1.82) is 0 Å². The Morgan fingerprint density at radius 2 is 2.00 bits per heavy atom. The van der Waals surface area contributed by atoms with Gasteiger partial charge in [-0.2, -0.15) is 11.8 Å². The van der Waals surface area contributed by atoms with E-state index in [-0.39, 0.29) is 17.5 Å². The summed E-state index contributed by atoms with van der Waals surface area (Å²) >= 11 is 1.34. The number of carboxylic acids is 1. The highest BCUT2D eigenvalue weighted by molar-refractivity contribution is 7.99. The van der Waals surface area contributed by atoms with Crippen LogP contribution in [0.3, 0.4) is 0 Å². The van der Waals surface area contributed by atoms with Crippen LogP contribution in [0.2, 0.25) is 0 Å².